The molecule has 3 heterocycles. The second-order valence-corrected chi connectivity index (χ2v) is 11.4. The molecule has 0 spiro atoms. The van der Waals surface area contributed by atoms with Crippen molar-refractivity contribution in [3.63, 3.8) is 0 Å². The Labute approximate surface area is 220 Å². The summed E-state index contributed by atoms with van der Waals surface area (Å²) in [6, 6.07) is 14.1. The van der Waals surface area contributed by atoms with Crippen LogP contribution in [0, 0.1) is 5.92 Å². The van der Waals surface area contributed by atoms with Gasteiger partial charge in [0.15, 0.2) is 0 Å². The van der Waals surface area contributed by atoms with Crippen LogP contribution in [0.5, 0.6) is 5.75 Å². The Morgan fingerprint density at radius 2 is 2.03 bits per heavy atom. The number of likely N-dealkylation sites (tertiary alicyclic amines) is 1. The van der Waals surface area contributed by atoms with Gasteiger partial charge in [0.05, 0.1) is 23.7 Å². The smallest absolute Gasteiger partial charge is 0.410 e. The van der Waals surface area contributed by atoms with Crippen LogP contribution < -0.4 is 4.74 Å². The Hall–Kier alpha value is -3.29. The summed E-state index contributed by atoms with van der Waals surface area (Å²) in [6.45, 7) is 7.26. The number of benzene rings is 3. The van der Waals surface area contributed by atoms with Crippen LogP contribution in [-0.4, -0.2) is 46.8 Å². The van der Waals surface area contributed by atoms with Crippen molar-refractivity contribution in [2.45, 2.75) is 45.4 Å². The molecule has 1 saturated heterocycles. The SMILES string of the molecule is COC[C@@H]1CC(c2nc3c(ccc4cc5c(cc43)OCc3cc(Cl)ccc3-5)[nH]2)N(C(=O)OC(C)(C)C)C1. The molecule has 1 aromatic heterocycles. The van der Waals surface area contributed by atoms with E-state index >= 15 is 0 Å². The Morgan fingerprint density at radius 1 is 1.19 bits per heavy atom. The fraction of sp³-hybridized carbons (Fsp3) is 0.379. The zero-order valence-electron chi connectivity index (χ0n) is 21.4. The maximum atomic E-state index is 13.1. The summed E-state index contributed by atoms with van der Waals surface area (Å²) in [5, 5.41) is 2.78. The van der Waals surface area contributed by atoms with Crippen molar-refractivity contribution in [2.75, 3.05) is 20.3 Å². The van der Waals surface area contributed by atoms with Crippen LogP contribution in [0.2, 0.25) is 5.02 Å². The summed E-state index contributed by atoms with van der Waals surface area (Å²) in [6.07, 6.45) is 0.422. The third kappa shape index (κ3) is 4.40. The molecule has 8 heteroatoms. The van der Waals surface area contributed by atoms with Crippen LogP contribution in [0.25, 0.3) is 32.9 Å². The Morgan fingerprint density at radius 3 is 2.81 bits per heavy atom. The molecule has 1 fully saturated rings. The number of hydrogen-bond acceptors (Lipinski definition) is 5. The summed E-state index contributed by atoms with van der Waals surface area (Å²) in [4.78, 5) is 23.4. The number of carbonyl (C=O) groups is 1. The van der Waals surface area contributed by atoms with Crippen LogP contribution in [0.15, 0.2) is 42.5 Å². The molecule has 0 bridgehead atoms. The van der Waals surface area contributed by atoms with E-state index in [2.05, 4.69) is 29.2 Å². The third-order valence-electron chi connectivity index (χ3n) is 7.06. The molecule has 4 aromatic rings. The zero-order chi connectivity index (χ0) is 25.9. The molecular weight excluding hydrogens is 490 g/mol. The van der Waals surface area contributed by atoms with Crippen LogP contribution in [0.1, 0.15) is 44.6 Å². The first kappa shape index (κ1) is 24.1. The van der Waals surface area contributed by atoms with Gasteiger partial charge in [0.1, 0.15) is 23.8 Å². The number of aromatic nitrogens is 2. The predicted molar refractivity (Wildman–Crippen MR) is 144 cm³/mol. The van der Waals surface area contributed by atoms with E-state index in [0.29, 0.717) is 24.8 Å². The number of methoxy groups -OCH3 is 1. The lowest BCUT2D eigenvalue weighted by Gasteiger charge is -2.27. The van der Waals surface area contributed by atoms with Crippen LogP contribution >= 0.6 is 11.6 Å². The quantitative estimate of drug-likeness (QED) is 0.319. The summed E-state index contributed by atoms with van der Waals surface area (Å²) in [7, 11) is 1.69. The summed E-state index contributed by atoms with van der Waals surface area (Å²) in [5.74, 6) is 1.79. The van der Waals surface area contributed by atoms with Gasteiger partial charge in [-0.3, -0.25) is 4.90 Å². The molecule has 1 amide bonds. The first-order valence-electron chi connectivity index (χ1n) is 12.6. The van der Waals surface area contributed by atoms with Gasteiger partial charge < -0.3 is 19.2 Å². The molecule has 1 unspecified atom stereocenters. The molecule has 6 rings (SSSR count). The van der Waals surface area contributed by atoms with Crippen molar-refractivity contribution in [3.05, 3.63) is 58.9 Å². The molecule has 2 aliphatic heterocycles. The summed E-state index contributed by atoms with van der Waals surface area (Å²) in [5.41, 5.74) is 4.48. The van der Waals surface area contributed by atoms with E-state index in [1.807, 2.05) is 39.0 Å². The number of amides is 1. The van der Waals surface area contributed by atoms with Gasteiger partial charge in [0.2, 0.25) is 0 Å². The van der Waals surface area contributed by atoms with E-state index in [4.69, 9.17) is 30.8 Å². The number of halogens is 1. The number of ether oxygens (including phenoxy) is 3. The molecule has 3 aromatic carbocycles. The number of rotatable bonds is 3. The second kappa shape index (κ2) is 8.92. The third-order valence-corrected chi connectivity index (χ3v) is 7.30. The van der Waals surface area contributed by atoms with Gasteiger partial charge in [-0.05, 0) is 74.0 Å². The Balaban J connectivity index is 1.41. The number of nitrogens with zero attached hydrogens (tertiary/aromatic N) is 2. The molecule has 2 atom stereocenters. The van der Waals surface area contributed by atoms with Crippen molar-refractivity contribution in [1.82, 2.24) is 14.9 Å². The van der Waals surface area contributed by atoms with Gasteiger partial charge >= 0.3 is 6.09 Å². The minimum absolute atomic E-state index is 0.210. The molecular formula is C29H30ClN3O4. The van der Waals surface area contributed by atoms with E-state index in [1.165, 1.54) is 0 Å². The van der Waals surface area contributed by atoms with Crippen molar-refractivity contribution < 1.29 is 19.0 Å². The number of imidazole rings is 1. The lowest BCUT2D eigenvalue weighted by Crippen LogP contribution is -2.37. The molecule has 0 aliphatic carbocycles. The van der Waals surface area contributed by atoms with Crippen LogP contribution in [0.4, 0.5) is 4.79 Å². The highest BCUT2D eigenvalue weighted by Crippen LogP contribution is 2.43. The average Bonchev–Trinajstić information content (AvgIpc) is 3.46. The number of hydrogen-bond donors (Lipinski definition) is 1. The number of nitrogens with one attached hydrogen (secondary N) is 1. The molecule has 2 aliphatic rings. The Kier molecular flexibility index (Phi) is 5.81. The van der Waals surface area contributed by atoms with E-state index in [0.717, 1.165) is 56.5 Å². The standard InChI is InChI=1S/C29H30ClN3O4/c1-29(2,3)37-28(34)33-13-16(14-35-4)9-24(33)27-31-23-8-5-17-11-22-20-7-6-19(30)10-18(20)15-36-25(22)12-21(17)26(23)32-27/h5-8,10-12,16,24H,9,13-15H2,1-4H3,(H,31,32)/t16-,24?/m1/s1. The van der Waals surface area contributed by atoms with Gasteiger partial charge in [-0.15, -0.1) is 0 Å². The highest BCUT2D eigenvalue weighted by molar-refractivity contribution is 6.30. The van der Waals surface area contributed by atoms with E-state index in [9.17, 15) is 4.79 Å². The first-order chi connectivity index (χ1) is 17.7. The van der Waals surface area contributed by atoms with Gasteiger partial charge in [0, 0.05) is 35.5 Å². The molecule has 37 heavy (non-hydrogen) atoms. The number of carbonyl (C=O) groups excluding carboxylic acids is 1. The molecule has 7 nitrogen and oxygen atoms in total. The van der Waals surface area contributed by atoms with Crippen molar-refractivity contribution in [3.8, 4) is 16.9 Å². The number of fused-ring (bicyclic) bond motifs is 6. The molecule has 192 valence electrons. The van der Waals surface area contributed by atoms with E-state index in [-0.39, 0.29) is 18.1 Å². The van der Waals surface area contributed by atoms with Gasteiger partial charge in [-0.1, -0.05) is 23.7 Å². The summed E-state index contributed by atoms with van der Waals surface area (Å²) < 4.78 is 17.3. The lowest BCUT2D eigenvalue weighted by molar-refractivity contribution is 0.0209. The largest absolute Gasteiger partial charge is 0.488 e. The minimum atomic E-state index is -0.575. The number of aromatic amines is 1. The van der Waals surface area contributed by atoms with E-state index in [1.54, 1.807) is 12.0 Å². The number of H-pyrrole nitrogens is 1. The molecule has 1 N–H and O–H groups in total. The Bertz CT molecular complexity index is 1520. The van der Waals surface area contributed by atoms with Crippen LogP contribution in [-0.2, 0) is 16.1 Å². The first-order valence-corrected chi connectivity index (χ1v) is 12.9. The van der Waals surface area contributed by atoms with Crippen molar-refractivity contribution in [2.24, 2.45) is 5.92 Å². The highest BCUT2D eigenvalue weighted by Gasteiger charge is 2.40. The fourth-order valence-corrected chi connectivity index (χ4v) is 5.69. The highest BCUT2D eigenvalue weighted by atomic mass is 35.5. The van der Waals surface area contributed by atoms with Gasteiger partial charge in [0.25, 0.3) is 0 Å². The molecule has 0 saturated carbocycles. The average molecular weight is 520 g/mol. The second-order valence-electron chi connectivity index (χ2n) is 10.9. The van der Waals surface area contributed by atoms with Crippen LogP contribution in [0.3, 0.4) is 0 Å². The zero-order valence-corrected chi connectivity index (χ0v) is 22.2. The van der Waals surface area contributed by atoms with Crippen molar-refractivity contribution >= 4 is 39.5 Å². The van der Waals surface area contributed by atoms with E-state index < -0.39 is 5.60 Å². The van der Waals surface area contributed by atoms with Gasteiger partial charge in [-0.25, -0.2) is 9.78 Å². The summed E-state index contributed by atoms with van der Waals surface area (Å²) >= 11 is 6.20. The van der Waals surface area contributed by atoms with Crippen molar-refractivity contribution in [1.29, 1.82) is 0 Å². The lowest BCUT2D eigenvalue weighted by atomic mass is 9.94. The van der Waals surface area contributed by atoms with Gasteiger partial charge in [-0.2, -0.15) is 0 Å². The predicted octanol–water partition coefficient (Wildman–Crippen LogP) is 6.87. The maximum absolute atomic E-state index is 13.1. The topological polar surface area (TPSA) is 76.7 Å². The minimum Gasteiger partial charge on any atom is -0.488 e. The maximum Gasteiger partial charge on any atom is 0.410 e. The molecule has 0 radical (unpaired) electrons. The fourth-order valence-electron chi connectivity index (χ4n) is 5.49. The monoisotopic (exact) mass is 519 g/mol. The normalized spacial score (nSPS) is 19.1.